The first-order valence-electron chi connectivity index (χ1n) is 10.00. The van der Waals surface area contributed by atoms with Gasteiger partial charge in [-0.15, -0.1) is 0 Å². The van der Waals surface area contributed by atoms with Crippen LogP contribution in [-0.4, -0.2) is 22.4 Å². The maximum Gasteiger partial charge on any atom is 0.232 e. The summed E-state index contributed by atoms with van der Waals surface area (Å²) >= 11 is 0. The van der Waals surface area contributed by atoms with E-state index in [9.17, 15) is 4.79 Å². The lowest BCUT2D eigenvalue weighted by Gasteiger charge is -2.30. The van der Waals surface area contributed by atoms with Crippen molar-refractivity contribution in [2.45, 2.75) is 26.9 Å². The highest BCUT2D eigenvalue weighted by atomic mass is 16.5. The first-order chi connectivity index (χ1) is 14.6. The van der Waals surface area contributed by atoms with E-state index in [1.54, 1.807) is 6.20 Å². The van der Waals surface area contributed by atoms with Crippen molar-refractivity contribution >= 4 is 11.9 Å². The number of pyridine rings is 1. The van der Waals surface area contributed by atoms with Gasteiger partial charge in [0.1, 0.15) is 18.2 Å². The minimum atomic E-state index is -0.0730. The topological polar surface area (TPSA) is 51.7 Å². The molecule has 0 N–H and O–H groups in total. The first kappa shape index (κ1) is 18.6. The van der Waals surface area contributed by atoms with Crippen LogP contribution < -0.4 is 9.47 Å². The van der Waals surface area contributed by atoms with Gasteiger partial charge in [0.25, 0.3) is 0 Å². The molecule has 0 fully saturated rings. The lowest BCUT2D eigenvalue weighted by atomic mass is 9.98. The lowest BCUT2D eigenvalue weighted by Crippen LogP contribution is -2.31. The normalized spacial score (nSPS) is 16.7. The van der Waals surface area contributed by atoms with Gasteiger partial charge in [-0.2, -0.15) is 0 Å². The third-order valence-corrected chi connectivity index (χ3v) is 5.46. The molecule has 2 aromatic carbocycles. The molecule has 0 radical (unpaired) electrons. The summed E-state index contributed by atoms with van der Waals surface area (Å²) in [4.78, 5) is 19.5. The minimum absolute atomic E-state index is 0.0730. The predicted octanol–water partition coefficient (Wildman–Crippen LogP) is 4.67. The van der Waals surface area contributed by atoms with Crippen LogP contribution in [0.15, 0.2) is 60.6 Å². The van der Waals surface area contributed by atoms with Crippen molar-refractivity contribution in [2.75, 3.05) is 6.73 Å². The van der Waals surface area contributed by atoms with E-state index in [0.29, 0.717) is 30.3 Å². The molecule has 2 aliphatic rings. The van der Waals surface area contributed by atoms with E-state index in [1.807, 2.05) is 68.6 Å². The highest BCUT2D eigenvalue weighted by Gasteiger charge is 2.35. The average molecular weight is 398 g/mol. The SMILES string of the molecule is Cc1cccc(/C=C2\Oc3c4c(cc(C)c3C2=O)OCN(Cc2cccnc2)C4)c1. The Morgan fingerprint density at radius 3 is 2.87 bits per heavy atom. The molecule has 0 spiro atoms. The Morgan fingerprint density at radius 2 is 2.07 bits per heavy atom. The molecule has 30 heavy (non-hydrogen) atoms. The zero-order valence-electron chi connectivity index (χ0n) is 17.0. The number of ketones is 1. The van der Waals surface area contributed by atoms with Crippen molar-refractivity contribution in [1.82, 2.24) is 9.88 Å². The van der Waals surface area contributed by atoms with Gasteiger partial charge in [-0.25, -0.2) is 0 Å². The van der Waals surface area contributed by atoms with Crippen LogP contribution in [0.1, 0.15) is 38.2 Å². The predicted molar refractivity (Wildman–Crippen MR) is 114 cm³/mol. The van der Waals surface area contributed by atoms with Gasteiger partial charge in [-0.1, -0.05) is 35.9 Å². The van der Waals surface area contributed by atoms with Crippen molar-refractivity contribution in [3.8, 4) is 11.5 Å². The van der Waals surface area contributed by atoms with Crippen LogP contribution in [0.5, 0.6) is 11.5 Å². The third kappa shape index (κ3) is 3.37. The van der Waals surface area contributed by atoms with Gasteiger partial charge in [0, 0.05) is 25.5 Å². The number of rotatable bonds is 3. The summed E-state index contributed by atoms with van der Waals surface area (Å²) in [7, 11) is 0. The number of aromatic nitrogens is 1. The molecule has 5 nitrogen and oxygen atoms in total. The molecular weight excluding hydrogens is 376 g/mol. The van der Waals surface area contributed by atoms with Gasteiger partial charge in [-0.05, 0) is 48.7 Å². The highest BCUT2D eigenvalue weighted by Crippen LogP contribution is 2.44. The molecule has 5 rings (SSSR count). The van der Waals surface area contributed by atoms with Gasteiger partial charge in [0.15, 0.2) is 5.76 Å². The third-order valence-electron chi connectivity index (χ3n) is 5.46. The van der Waals surface area contributed by atoms with Crippen LogP contribution in [-0.2, 0) is 13.1 Å². The second kappa shape index (κ2) is 7.43. The van der Waals surface area contributed by atoms with Crippen LogP contribution in [0, 0.1) is 13.8 Å². The number of ether oxygens (including phenoxy) is 2. The summed E-state index contributed by atoms with van der Waals surface area (Å²) in [5.74, 6) is 1.70. The monoisotopic (exact) mass is 398 g/mol. The number of carbonyl (C=O) groups excluding carboxylic acids is 1. The molecule has 3 aromatic rings. The Kier molecular flexibility index (Phi) is 4.60. The largest absolute Gasteiger partial charge is 0.478 e. The Bertz CT molecular complexity index is 1170. The minimum Gasteiger partial charge on any atom is -0.478 e. The summed E-state index contributed by atoms with van der Waals surface area (Å²) in [5.41, 5.74) is 5.64. The molecule has 0 atom stereocenters. The van der Waals surface area contributed by atoms with Gasteiger partial charge in [0.2, 0.25) is 5.78 Å². The number of fused-ring (bicyclic) bond motifs is 3. The van der Waals surface area contributed by atoms with Gasteiger partial charge in [0.05, 0.1) is 11.1 Å². The van der Waals surface area contributed by atoms with E-state index < -0.39 is 0 Å². The smallest absolute Gasteiger partial charge is 0.232 e. The lowest BCUT2D eigenvalue weighted by molar-refractivity contribution is 0.0871. The fourth-order valence-electron chi connectivity index (χ4n) is 4.04. The molecule has 5 heteroatoms. The second-order valence-corrected chi connectivity index (χ2v) is 7.85. The van der Waals surface area contributed by atoms with E-state index in [1.165, 1.54) is 0 Å². The summed E-state index contributed by atoms with van der Waals surface area (Å²) < 4.78 is 12.1. The van der Waals surface area contributed by atoms with Gasteiger partial charge >= 0.3 is 0 Å². The number of nitrogens with zero attached hydrogens (tertiary/aromatic N) is 2. The standard InChI is InChI=1S/C25H22N2O3/c1-16-5-3-6-18(9-16)11-22-24(28)23-17(2)10-21-20(25(23)30-22)14-27(15-29-21)13-19-7-4-8-26-12-19/h3-12H,13-15H2,1-2H3/b22-11-. The van der Waals surface area contributed by atoms with E-state index in [4.69, 9.17) is 9.47 Å². The van der Waals surface area contributed by atoms with Crippen LogP contribution in [0.2, 0.25) is 0 Å². The summed E-state index contributed by atoms with van der Waals surface area (Å²) in [6.07, 6.45) is 5.44. The van der Waals surface area contributed by atoms with Gasteiger partial charge in [-0.3, -0.25) is 14.7 Å². The summed E-state index contributed by atoms with van der Waals surface area (Å²) in [6.45, 7) is 5.82. The number of carbonyl (C=O) groups is 1. The van der Waals surface area contributed by atoms with Crippen LogP contribution in [0.4, 0.5) is 0 Å². The van der Waals surface area contributed by atoms with Crippen LogP contribution in [0.25, 0.3) is 6.08 Å². The number of hydrogen-bond donors (Lipinski definition) is 0. The molecule has 0 saturated carbocycles. The summed E-state index contributed by atoms with van der Waals surface area (Å²) in [6, 6.07) is 13.9. The Labute approximate surface area is 175 Å². The molecular formula is C25H22N2O3. The van der Waals surface area contributed by atoms with Crippen molar-refractivity contribution in [2.24, 2.45) is 0 Å². The quantitative estimate of drug-likeness (QED) is 0.600. The van der Waals surface area contributed by atoms with Crippen molar-refractivity contribution < 1.29 is 14.3 Å². The molecule has 0 aliphatic carbocycles. The molecule has 0 bridgehead atoms. The van der Waals surface area contributed by atoms with Crippen molar-refractivity contribution in [1.29, 1.82) is 0 Å². The molecule has 0 saturated heterocycles. The molecule has 1 aromatic heterocycles. The Morgan fingerprint density at radius 1 is 1.17 bits per heavy atom. The van der Waals surface area contributed by atoms with E-state index in [2.05, 4.69) is 9.88 Å². The highest BCUT2D eigenvalue weighted by molar-refractivity contribution is 6.15. The van der Waals surface area contributed by atoms with Gasteiger partial charge < -0.3 is 9.47 Å². The van der Waals surface area contributed by atoms with Crippen LogP contribution >= 0.6 is 0 Å². The molecule has 3 heterocycles. The maximum absolute atomic E-state index is 13.1. The number of allylic oxidation sites excluding steroid dienone is 1. The number of benzene rings is 2. The maximum atomic E-state index is 13.1. The number of hydrogen-bond acceptors (Lipinski definition) is 5. The molecule has 0 amide bonds. The average Bonchev–Trinajstić information content (AvgIpc) is 3.06. The van der Waals surface area contributed by atoms with Crippen LogP contribution in [0.3, 0.4) is 0 Å². The summed E-state index contributed by atoms with van der Waals surface area (Å²) in [5, 5.41) is 0. The second-order valence-electron chi connectivity index (χ2n) is 7.85. The van der Waals surface area contributed by atoms with E-state index in [0.717, 1.165) is 40.1 Å². The van der Waals surface area contributed by atoms with Crippen molar-refractivity contribution in [3.63, 3.8) is 0 Å². The van der Waals surface area contributed by atoms with E-state index >= 15 is 0 Å². The Hall–Kier alpha value is -3.44. The fraction of sp³-hybridized carbons (Fsp3) is 0.200. The molecule has 2 aliphatic heterocycles. The van der Waals surface area contributed by atoms with E-state index in [-0.39, 0.29) is 5.78 Å². The first-order valence-corrected chi connectivity index (χ1v) is 10.00. The Balaban J connectivity index is 1.48. The zero-order valence-corrected chi connectivity index (χ0v) is 17.0. The fourth-order valence-corrected chi connectivity index (χ4v) is 4.04. The molecule has 0 unspecified atom stereocenters. The van der Waals surface area contributed by atoms with Crippen molar-refractivity contribution in [3.05, 3.63) is 94.0 Å². The number of aryl methyl sites for hydroxylation is 2. The number of Topliss-reactive ketones (excluding diaryl/α,β-unsaturated/α-hetero) is 1. The zero-order chi connectivity index (χ0) is 20.7. The molecule has 150 valence electrons.